The minimum Gasteiger partial charge on any atom is -0.484 e. The fourth-order valence-electron chi connectivity index (χ4n) is 2.05. The van der Waals surface area contributed by atoms with Crippen LogP contribution in [-0.2, 0) is 16.0 Å². The van der Waals surface area contributed by atoms with Gasteiger partial charge in [-0.25, -0.2) is 0 Å². The van der Waals surface area contributed by atoms with Crippen molar-refractivity contribution in [3.63, 3.8) is 0 Å². The highest BCUT2D eigenvalue weighted by Crippen LogP contribution is 2.12. The Hall–Kier alpha value is -2.06. The lowest BCUT2D eigenvalue weighted by atomic mass is 10.1. The molecule has 1 amide bonds. The number of nitrogens with one attached hydrogen (secondary N) is 1. The maximum atomic E-state index is 11.7. The molecule has 5 nitrogen and oxygen atoms in total. The smallest absolute Gasteiger partial charge is 0.258 e. The maximum Gasteiger partial charge on any atom is 0.258 e. The van der Waals surface area contributed by atoms with Crippen LogP contribution in [-0.4, -0.2) is 31.8 Å². The molecular formula is C15H18N2O3. The average molecular weight is 274 g/mol. The average Bonchev–Trinajstić information content (AvgIpc) is 2.48. The lowest BCUT2D eigenvalue weighted by molar-refractivity contribution is -0.124. The summed E-state index contributed by atoms with van der Waals surface area (Å²) >= 11 is 0. The molecule has 1 fully saturated rings. The minimum atomic E-state index is -0.113. The molecule has 1 aromatic carbocycles. The predicted molar refractivity (Wildman–Crippen MR) is 73.2 cm³/mol. The Labute approximate surface area is 118 Å². The van der Waals surface area contributed by atoms with E-state index < -0.39 is 0 Å². The molecule has 0 bridgehead atoms. The molecule has 1 saturated heterocycles. The van der Waals surface area contributed by atoms with E-state index in [1.54, 1.807) is 12.1 Å². The normalized spacial score (nSPS) is 15.3. The van der Waals surface area contributed by atoms with Crippen molar-refractivity contribution in [2.45, 2.75) is 25.3 Å². The van der Waals surface area contributed by atoms with Crippen LogP contribution in [0.5, 0.6) is 5.75 Å². The molecule has 1 aliphatic rings. The van der Waals surface area contributed by atoms with Gasteiger partial charge >= 0.3 is 0 Å². The number of ether oxygens (including phenoxy) is 2. The number of nitriles is 1. The van der Waals surface area contributed by atoms with E-state index in [2.05, 4.69) is 11.4 Å². The van der Waals surface area contributed by atoms with Crippen molar-refractivity contribution >= 4 is 5.91 Å². The zero-order valence-corrected chi connectivity index (χ0v) is 11.3. The fraction of sp³-hybridized carbons (Fsp3) is 0.467. The van der Waals surface area contributed by atoms with E-state index in [-0.39, 0.29) is 18.6 Å². The van der Waals surface area contributed by atoms with Gasteiger partial charge in [0.25, 0.3) is 5.91 Å². The molecular weight excluding hydrogens is 256 g/mol. The number of benzene rings is 1. The molecule has 1 heterocycles. The van der Waals surface area contributed by atoms with Crippen molar-refractivity contribution in [3.05, 3.63) is 29.8 Å². The number of rotatable bonds is 5. The van der Waals surface area contributed by atoms with Gasteiger partial charge in [-0.2, -0.15) is 5.26 Å². The van der Waals surface area contributed by atoms with Crippen molar-refractivity contribution in [2.24, 2.45) is 0 Å². The van der Waals surface area contributed by atoms with Crippen molar-refractivity contribution in [1.29, 1.82) is 5.26 Å². The van der Waals surface area contributed by atoms with Crippen molar-refractivity contribution in [1.82, 2.24) is 5.32 Å². The van der Waals surface area contributed by atoms with Crippen LogP contribution in [0.1, 0.15) is 18.4 Å². The summed E-state index contributed by atoms with van der Waals surface area (Å²) in [4.78, 5) is 11.7. The molecule has 0 spiro atoms. The van der Waals surface area contributed by atoms with Gasteiger partial charge < -0.3 is 14.8 Å². The number of hydrogen-bond acceptors (Lipinski definition) is 4. The summed E-state index contributed by atoms with van der Waals surface area (Å²) in [6.45, 7) is 1.41. The third-order valence-corrected chi connectivity index (χ3v) is 3.16. The first-order valence-electron chi connectivity index (χ1n) is 6.74. The second-order valence-corrected chi connectivity index (χ2v) is 4.72. The first-order valence-corrected chi connectivity index (χ1v) is 6.74. The Morgan fingerprint density at radius 2 is 2.05 bits per heavy atom. The third-order valence-electron chi connectivity index (χ3n) is 3.16. The highest BCUT2D eigenvalue weighted by Gasteiger charge is 2.16. The number of carbonyl (C=O) groups excluding carboxylic acids is 1. The van der Waals surface area contributed by atoms with Crippen LogP contribution in [0.4, 0.5) is 0 Å². The van der Waals surface area contributed by atoms with Crippen molar-refractivity contribution in [3.8, 4) is 11.8 Å². The Morgan fingerprint density at radius 1 is 1.35 bits per heavy atom. The van der Waals surface area contributed by atoms with Gasteiger partial charge in [0.2, 0.25) is 0 Å². The summed E-state index contributed by atoms with van der Waals surface area (Å²) in [5, 5.41) is 11.5. The van der Waals surface area contributed by atoms with Gasteiger partial charge in [-0.15, -0.1) is 0 Å². The van der Waals surface area contributed by atoms with E-state index in [1.807, 2.05) is 12.1 Å². The van der Waals surface area contributed by atoms with E-state index in [0.717, 1.165) is 18.4 Å². The van der Waals surface area contributed by atoms with Crippen LogP contribution in [0.3, 0.4) is 0 Å². The van der Waals surface area contributed by atoms with E-state index in [1.165, 1.54) is 0 Å². The Morgan fingerprint density at radius 3 is 2.70 bits per heavy atom. The largest absolute Gasteiger partial charge is 0.484 e. The molecule has 0 aliphatic carbocycles. The topological polar surface area (TPSA) is 71.3 Å². The number of amides is 1. The Kier molecular flexibility index (Phi) is 5.39. The summed E-state index contributed by atoms with van der Waals surface area (Å²) in [5.74, 6) is 0.520. The number of carbonyl (C=O) groups is 1. The summed E-state index contributed by atoms with van der Waals surface area (Å²) < 4.78 is 10.7. The molecule has 0 saturated carbocycles. The summed E-state index contributed by atoms with van der Waals surface area (Å²) in [5.41, 5.74) is 0.937. The van der Waals surface area contributed by atoms with Gasteiger partial charge in [-0.3, -0.25) is 4.79 Å². The number of nitrogens with zero attached hydrogens (tertiary/aromatic N) is 1. The molecule has 5 heteroatoms. The van der Waals surface area contributed by atoms with Gasteiger partial charge in [-0.05, 0) is 30.5 Å². The van der Waals surface area contributed by atoms with Crippen molar-refractivity contribution < 1.29 is 14.3 Å². The highest BCUT2D eigenvalue weighted by atomic mass is 16.5. The van der Waals surface area contributed by atoms with Gasteiger partial charge in [0, 0.05) is 19.3 Å². The van der Waals surface area contributed by atoms with E-state index in [0.29, 0.717) is 25.4 Å². The van der Waals surface area contributed by atoms with Crippen LogP contribution < -0.4 is 10.1 Å². The summed E-state index contributed by atoms with van der Waals surface area (Å²) in [7, 11) is 0. The second kappa shape index (κ2) is 7.51. The Bertz CT molecular complexity index is 473. The molecule has 1 N–H and O–H groups in total. The molecule has 0 unspecified atom stereocenters. The first-order chi connectivity index (χ1) is 9.78. The molecule has 1 aliphatic heterocycles. The SMILES string of the molecule is N#CCc1ccc(OCC(=O)NC2CCOCC2)cc1. The summed E-state index contributed by atoms with van der Waals surface area (Å²) in [6.07, 6.45) is 2.09. The van der Waals surface area contributed by atoms with E-state index >= 15 is 0 Å². The zero-order valence-electron chi connectivity index (χ0n) is 11.3. The standard InChI is InChI=1S/C15H18N2O3/c16-8-5-12-1-3-14(4-2-12)20-11-15(18)17-13-6-9-19-10-7-13/h1-4,13H,5-7,9-11H2,(H,17,18). The van der Waals surface area contributed by atoms with Crippen LogP contribution in [0, 0.1) is 11.3 Å². The van der Waals surface area contributed by atoms with Crippen LogP contribution in [0.2, 0.25) is 0 Å². The monoisotopic (exact) mass is 274 g/mol. The lowest BCUT2D eigenvalue weighted by Crippen LogP contribution is -2.41. The molecule has 0 aromatic heterocycles. The predicted octanol–water partition coefficient (Wildman–Crippen LogP) is 1.43. The quantitative estimate of drug-likeness (QED) is 0.881. The van der Waals surface area contributed by atoms with E-state index in [4.69, 9.17) is 14.7 Å². The number of hydrogen-bond donors (Lipinski definition) is 1. The summed E-state index contributed by atoms with van der Waals surface area (Å²) in [6, 6.07) is 9.48. The molecule has 1 aromatic rings. The maximum absolute atomic E-state index is 11.7. The van der Waals surface area contributed by atoms with Gasteiger partial charge in [0.1, 0.15) is 5.75 Å². The Balaban J connectivity index is 1.73. The molecule has 20 heavy (non-hydrogen) atoms. The lowest BCUT2D eigenvalue weighted by Gasteiger charge is -2.23. The van der Waals surface area contributed by atoms with Crippen molar-refractivity contribution in [2.75, 3.05) is 19.8 Å². The zero-order chi connectivity index (χ0) is 14.2. The van der Waals surface area contributed by atoms with Gasteiger partial charge in [0.15, 0.2) is 6.61 Å². The second-order valence-electron chi connectivity index (χ2n) is 4.72. The van der Waals surface area contributed by atoms with E-state index in [9.17, 15) is 4.79 Å². The van der Waals surface area contributed by atoms with Crippen LogP contribution >= 0.6 is 0 Å². The first kappa shape index (κ1) is 14.4. The van der Waals surface area contributed by atoms with Gasteiger partial charge in [-0.1, -0.05) is 12.1 Å². The van der Waals surface area contributed by atoms with Crippen LogP contribution in [0.25, 0.3) is 0 Å². The molecule has 2 rings (SSSR count). The van der Waals surface area contributed by atoms with Crippen LogP contribution in [0.15, 0.2) is 24.3 Å². The molecule has 0 atom stereocenters. The minimum absolute atomic E-state index is 0.00888. The third kappa shape index (κ3) is 4.56. The fourth-order valence-corrected chi connectivity index (χ4v) is 2.05. The molecule has 106 valence electrons. The molecule has 0 radical (unpaired) electrons. The highest BCUT2D eigenvalue weighted by molar-refractivity contribution is 5.77. The van der Waals surface area contributed by atoms with Gasteiger partial charge in [0.05, 0.1) is 12.5 Å².